The van der Waals surface area contributed by atoms with Crippen molar-refractivity contribution in [2.75, 3.05) is 6.61 Å². The quantitative estimate of drug-likeness (QED) is 0.790. The molecule has 0 saturated carbocycles. The molecule has 0 bridgehead atoms. The largest absolute Gasteiger partial charge is 0.466 e. The Balaban J connectivity index is 2.80. The van der Waals surface area contributed by atoms with Gasteiger partial charge in [-0.25, -0.2) is 0 Å². The summed E-state index contributed by atoms with van der Waals surface area (Å²) in [4.78, 5) is 11.7. The molecule has 16 heavy (non-hydrogen) atoms. The molecular formula is C13H17BrO2. The monoisotopic (exact) mass is 284 g/mol. The van der Waals surface area contributed by atoms with E-state index in [1.54, 1.807) is 0 Å². The highest BCUT2D eigenvalue weighted by Crippen LogP contribution is 2.27. The molecule has 1 aromatic rings. The lowest BCUT2D eigenvalue weighted by atomic mass is 9.86. The van der Waals surface area contributed by atoms with Crippen LogP contribution in [0.25, 0.3) is 0 Å². The molecule has 0 heterocycles. The van der Waals surface area contributed by atoms with Gasteiger partial charge in [-0.15, -0.1) is 0 Å². The number of benzene rings is 1. The van der Waals surface area contributed by atoms with Crippen molar-refractivity contribution in [1.82, 2.24) is 0 Å². The van der Waals surface area contributed by atoms with Crippen LogP contribution in [-0.4, -0.2) is 12.6 Å². The number of hydrogen-bond acceptors (Lipinski definition) is 2. The summed E-state index contributed by atoms with van der Waals surface area (Å²) in [6.45, 7) is 6.07. The highest BCUT2D eigenvalue weighted by Gasteiger charge is 2.29. The first-order chi connectivity index (χ1) is 7.47. The predicted molar refractivity (Wildman–Crippen MR) is 68.3 cm³/mol. The number of halogens is 1. The number of rotatable bonds is 4. The summed E-state index contributed by atoms with van der Waals surface area (Å²) in [5.74, 6) is -0.147. The van der Waals surface area contributed by atoms with Crippen molar-refractivity contribution in [2.45, 2.75) is 27.2 Å². The Labute approximate surface area is 105 Å². The lowest BCUT2D eigenvalue weighted by Gasteiger charge is -2.22. The molecule has 0 atom stereocenters. The Bertz CT molecular complexity index is 372. The summed E-state index contributed by atoms with van der Waals surface area (Å²) in [5.41, 5.74) is 0.639. The van der Waals surface area contributed by atoms with Gasteiger partial charge in [0.25, 0.3) is 0 Å². The summed E-state index contributed by atoms with van der Waals surface area (Å²) in [6, 6.07) is 7.94. The molecule has 0 aromatic heterocycles. The first-order valence-electron chi connectivity index (χ1n) is 5.38. The smallest absolute Gasteiger partial charge is 0.311 e. The zero-order chi connectivity index (χ0) is 12.2. The number of esters is 1. The van der Waals surface area contributed by atoms with E-state index in [9.17, 15) is 4.79 Å². The predicted octanol–water partition coefficient (Wildman–Crippen LogP) is 3.58. The van der Waals surface area contributed by atoms with E-state index in [0.29, 0.717) is 13.0 Å². The van der Waals surface area contributed by atoms with Gasteiger partial charge in [-0.2, -0.15) is 0 Å². The number of carbonyl (C=O) groups is 1. The lowest BCUT2D eigenvalue weighted by Crippen LogP contribution is -2.29. The van der Waals surface area contributed by atoms with E-state index in [4.69, 9.17) is 4.74 Å². The van der Waals surface area contributed by atoms with Crippen LogP contribution < -0.4 is 0 Å². The summed E-state index contributed by atoms with van der Waals surface area (Å²) in [6.07, 6.45) is 0.674. The number of carbonyl (C=O) groups excluding carboxylic acids is 1. The Hall–Kier alpha value is -0.830. The van der Waals surface area contributed by atoms with Gasteiger partial charge in [0.1, 0.15) is 0 Å². The van der Waals surface area contributed by atoms with E-state index in [1.165, 1.54) is 0 Å². The normalized spacial score (nSPS) is 11.2. The van der Waals surface area contributed by atoms with E-state index >= 15 is 0 Å². The third-order valence-electron chi connectivity index (χ3n) is 2.42. The van der Waals surface area contributed by atoms with E-state index in [-0.39, 0.29) is 5.97 Å². The van der Waals surface area contributed by atoms with Crippen LogP contribution in [0.2, 0.25) is 0 Å². The van der Waals surface area contributed by atoms with Gasteiger partial charge >= 0.3 is 5.97 Å². The van der Waals surface area contributed by atoms with E-state index in [1.807, 2.05) is 45.0 Å². The molecule has 0 spiro atoms. The summed E-state index contributed by atoms with van der Waals surface area (Å²) in [7, 11) is 0. The molecule has 0 N–H and O–H groups in total. The van der Waals surface area contributed by atoms with Crippen molar-refractivity contribution in [3.05, 3.63) is 34.3 Å². The molecule has 88 valence electrons. The molecule has 0 fully saturated rings. The standard InChI is InChI=1S/C13H17BrO2/c1-4-16-12(15)13(2,3)9-10-7-5-6-8-11(10)14/h5-8H,4,9H2,1-3H3. The van der Waals surface area contributed by atoms with Crippen molar-refractivity contribution < 1.29 is 9.53 Å². The SMILES string of the molecule is CCOC(=O)C(C)(C)Cc1ccccc1Br. The maximum atomic E-state index is 11.7. The third-order valence-corrected chi connectivity index (χ3v) is 3.19. The zero-order valence-electron chi connectivity index (χ0n) is 9.92. The van der Waals surface area contributed by atoms with E-state index in [0.717, 1.165) is 10.0 Å². The van der Waals surface area contributed by atoms with Gasteiger partial charge in [0.15, 0.2) is 0 Å². The van der Waals surface area contributed by atoms with Gasteiger partial charge in [0.2, 0.25) is 0 Å². The van der Waals surface area contributed by atoms with Crippen molar-refractivity contribution in [3.8, 4) is 0 Å². The number of hydrogen-bond donors (Lipinski definition) is 0. The second-order valence-electron chi connectivity index (χ2n) is 4.37. The maximum absolute atomic E-state index is 11.7. The average molecular weight is 285 g/mol. The second-order valence-corrected chi connectivity index (χ2v) is 5.23. The topological polar surface area (TPSA) is 26.3 Å². The van der Waals surface area contributed by atoms with E-state index in [2.05, 4.69) is 15.9 Å². The summed E-state index contributed by atoms with van der Waals surface area (Å²) in [5, 5.41) is 0. The molecule has 0 aliphatic heterocycles. The molecule has 0 aliphatic carbocycles. The van der Waals surface area contributed by atoms with Gasteiger partial charge in [0, 0.05) is 4.47 Å². The van der Waals surface area contributed by atoms with Crippen LogP contribution in [0.3, 0.4) is 0 Å². The van der Waals surface area contributed by atoms with Crippen molar-refractivity contribution in [1.29, 1.82) is 0 Å². The Morgan fingerprint density at radius 2 is 2.00 bits per heavy atom. The average Bonchev–Trinajstić information content (AvgIpc) is 2.21. The zero-order valence-corrected chi connectivity index (χ0v) is 11.5. The highest BCUT2D eigenvalue weighted by atomic mass is 79.9. The minimum absolute atomic E-state index is 0.147. The van der Waals surface area contributed by atoms with Crippen LogP contribution >= 0.6 is 15.9 Å². The Kier molecular flexibility index (Phi) is 4.54. The summed E-state index contributed by atoms with van der Waals surface area (Å²) < 4.78 is 6.10. The van der Waals surface area contributed by atoms with Gasteiger partial charge < -0.3 is 4.74 Å². The van der Waals surface area contributed by atoms with Crippen LogP contribution in [0.1, 0.15) is 26.3 Å². The molecule has 0 saturated heterocycles. The van der Waals surface area contributed by atoms with Crippen LogP contribution in [0.5, 0.6) is 0 Å². The Morgan fingerprint density at radius 1 is 1.38 bits per heavy atom. The van der Waals surface area contributed by atoms with Crippen molar-refractivity contribution >= 4 is 21.9 Å². The van der Waals surface area contributed by atoms with Crippen LogP contribution in [0.4, 0.5) is 0 Å². The van der Waals surface area contributed by atoms with Crippen LogP contribution in [-0.2, 0) is 16.0 Å². The molecule has 1 rings (SSSR count). The molecule has 0 radical (unpaired) electrons. The minimum atomic E-state index is -0.486. The van der Waals surface area contributed by atoms with Crippen LogP contribution in [0.15, 0.2) is 28.7 Å². The van der Waals surface area contributed by atoms with Crippen molar-refractivity contribution in [3.63, 3.8) is 0 Å². The molecular weight excluding hydrogens is 268 g/mol. The maximum Gasteiger partial charge on any atom is 0.311 e. The van der Waals surface area contributed by atoms with Gasteiger partial charge in [0.05, 0.1) is 12.0 Å². The highest BCUT2D eigenvalue weighted by molar-refractivity contribution is 9.10. The first kappa shape index (κ1) is 13.2. The Morgan fingerprint density at radius 3 is 2.56 bits per heavy atom. The van der Waals surface area contributed by atoms with Gasteiger partial charge in [-0.05, 0) is 38.8 Å². The lowest BCUT2D eigenvalue weighted by molar-refractivity contribution is -0.153. The van der Waals surface area contributed by atoms with Gasteiger partial charge in [-0.1, -0.05) is 34.1 Å². The third kappa shape index (κ3) is 3.34. The van der Waals surface area contributed by atoms with Crippen LogP contribution in [0, 0.1) is 5.41 Å². The second kappa shape index (κ2) is 5.48. The fraction of sp³-hybridized carbons (Fsp3) is 0.462. The fourth-order valence-electron chi connectivity index (χ4n) is 1.52. The number of ether oxygens (including phenoxy) is 1. The molecule has 1 aromatic carbocycles. The first-order valence-corrected chi connectivity index (χ1v) is 6.17. The molecule has 3 heteroatoms. The van der Waals surface area contributed by atoms with Crippen molar-refractivity contribution in [2.24, 2.45) is 5.41 Å². The molecule has 2 nitrogen and oxygen atoms in total. The fourth-order valence-corrected chi connectivity index (χ4v) is 1.94. The van der Waals surface area contributed by atoms with Gasteiger partial charge in [-0.3, -0.25) is 4.79 Å². The molecule has 0 unspecified atom stereocenters. The molecule has 0 aliphatic rings. The molecule has 0 amide bonds. The summed E-state index contributed by atoms with van der Waals surface area (Å²) >= 11 is 3.48. The minimum Gasteiger partial charge on any atom is -0.466 e. The van der Waals surface area contributed by atoms with E-state index < -0.39 is 5.41 Å².